The fourth-order valence-electron chi connectivity index (χ4n) is 6.75. The van der Waals surface area contributed by atoms with Crippen molar-refractivity contribution < 1.29 is 0 Å². The zero-order valence-corrected chi connectivity index (χ0v) is 23.9. The molecule has 0 spiro atoms. The van der Waals surface area contributed by atoms with Crippen LogP contribution in [-0.2, 0) is 0 Å². The molecule has 0 N–H and O–H groups in total. The molecule has 0 bridgehead atoms. The van der Waals surface area contributed by atoms with Crippen molar-refractivity contribution in [1.82, 2.24) is 14.1 Å². The van der Waals surface area contributed by atoms with Gasteiger partial charge in [0.15, 0.2) is 0 Å². The Morgan fingerprint density at radius 1 is 0.409 bits per heavy atom. The van der Waals surface area contributed by atoms with Crippen LogP contribution in [0.1, 0.15) is 0 Å². The number of para-hydroxylation sites is 2. The van der Waals surface area contributed by atoms with Gasteiger partial charge in [0.05, 0.1) is 22.2 Å². The molecule has 0 saturated heterocycles. The number of hydrogen-bond donors (Lipinski definition) is 0. The highest BCUT2D eigenvalue weighted by Gasteiger charge is 2.18. The van der Waals surface area contributed by atoms with Crippen LogP contribution in [0.2, 0.25) is 0 Å². The van der Waals surface area contributed by atoms with Gasteiger partial charge in [0.25, 0.3) is 0 Å². The average Bonchev–Trinajstić information content (AvgIpc) is 3.69. The molecule has 0 aliphatic heterocycles. The molecule has 0 radical (unpaired) electrons. The molecule has 3 aromatic heterocycles. The lowest BCUT2D eigenvalue weighted by Gasteiger charge is -2.13. The molecule has 3 heterocycles. The van der Waals surface area contributed by atoms with Gasteiger partial charge in [-0.3, -0.25) is 4.57 Å². The fraction of sp³-hybridized carbons (Fsp3) is 0. The van der Waals surface area contributed by atoms with Crippen LogP contribution < -0.4 is 0 Å². The highest BCUT2D eigenvalue weighted by molar-refractivity contribution is 6.25. The molecule has 9 aromatic rings. The standard InChI is InChI=1S/C41H27N3/c1-4-12-28(13-5-1)30-26-36(29-14-6-2-7-15-29)42-40(27-30)44-38-19-11-10-18-35(38)41-34-21-22-37-33(32(34)20-23-39(41)44)24-25-43(37)31-16-8-3-9-17-31/h1-27H. The van der Waals surface area contributed by atoms with Gasteiger partial charge >= 0.3 is 0 Å². The Morgan fingerprint density at radius 3 is 1.86 bits per heavy atom. The van der Waals surface area contributed by atoms with E-state index in [2.05, 4.69) is 173 Å². The first kappa shape index (κ1) is 24.6. The van der Waals surface area contributed by atoms with Crippen molar-refractivity contribution in [2.45, 2.75) is 0 Å². The molecule has 3 heteroatoms. The van der Waals surface area contributed by atoms with Gasteiger partial charge in [-0.15, -0.1) is 0 Å². The summed E-state index contributed by atoms with van der Waals surface area (Å²) in [7, 11) is 0. The maximum Gasteiger partial charge on any atom is 0.138 e. The SMILES string of the molecule is c1ccc(-c2cc(-c3ccccc3)nc(-n3c4ccccc4c4c5ccc6c(ccn6-c6ccccc6)c5ccc43)c2)cc1. The quantitative estimate of drug-likeness (QED) is 0.210. The van der Waals surface area contributed by atoms with E-state index in [-0.39, 0.29) is 0 Å². The Labute approximate surface area is 254 Å². The topological polar surface area (TPSA) is 22.8 Å². The van der Waals surface area contributed by atoms with E-state index in [0.29, 0.717) is 0 Å². The second-order valence-electron chi connectivity index (χ2n) is 11.3. The first-order valence-corrected chi connectivity index (χ1v) is 15.0. The maximum atomic E-state index is 5.30. The summed E-state index contributed by atoms with van der Waals surface area (Å²) in [6, 6.07) is 56.1. The van der Waals surface area contributed by atoms with Crippen LogP contribution in [0.25, 0.3) is 77.4 Å². The highest BCUT2D eigenvalue weighted by atomic mass is 15.1. The number of nitrogens with zero attached hydrogens (tertiary/aromatic N) is 3. The summed E-state index contributed by atoms with van der Waals surface area (Å²) >= 11 is 0. The number of rotatable bonds is 4. The smallest absolute Gasteiger partial charge is 0.138 e. The number of aromatic nitrogens is 3. The van der Waals surface area contributed by atoms with Gasteiger partial charge in [-0.25, -0.2) is 4.98 Å². The van der Waals surface area contributed by atoms with Crippen LogP contribution >= 0.6 is 0 Å². The van der Waals surface area contributed by atoms with Gasteiger partial charge in [0, 0.05) is 33.6 Å². The molecule has 0 unspecified atom stereocenters. The van der Waals surface area contributed by atoms with Gasteiger partial charge in [-0.1, -0.05) is 109 Å². The van der Waals surface area contributed by atoms with Crippen LogP contribution in [-0.4, -0.2) is 14.1 Å². The van der Waals surface area contributed by atoms with Gasteiger partial charge in [-0.2, -0.15) is 0 Å². The Hall–Kier alpha value is -5.93. The largest absolute Gasteiger partial charge is 0.317 e. The van der Waals surface area contributed by atoms with Crippen molar-refractivity contribution >= 4 is 43.5 Å². The van der Waals surface area contributed by atoms with Crippen molar-refractivity contribution in [1.29, 1.82) is 0 Å². The molecule has 0 atom stereocenters. The third-order valence-electron chi connectivity index (χ3n) is 8.75. The van der Waals surface area contributed by atoms with E-state index in [1.807, 2.05) is 0 Å². The van der Waals surface area contributed by atoms with E-state index in [4.69, 9.17) is 4.98 Å². The zero-order chi connectivity index (χ0) is 29.0. The fourth-order valence-corrected chi connectivity index (χ4v) is 6.75. The molecule has 6 aromatic carbocycles. The van der Waals surface area contributed by atoms with Crippen molar-refractivity contribution in [2.24, 2.45) is 0 Å². The second-order valence-corrected chi connectivity index (χ2v) is 11.3. The van der Waals surface area contributed by atoms with E-state index >= 15 is 0 Å². The summed E-state index contributed by atoms with van der Waals surface area (Å²) in [5.74, 6) is 0.909. The number of pyridine rings is 1. The van der Waals surface area contributed by atoms with Crippen molar-refractivity contribution in [3.63, 3.8) is 0 Å². The van der Waals surface area contributed by atoms with Gasteiger partial charge in [-0.05, 0) is 70.4 Å². The number of fused-ring (bicyclic) bond motifs is 7. The Morgan fingerprint density at radius 2 is 1.07 bits per heavy atom. The van der Waals surface area contributed by atoms with E-state index in [1.54, 1.807) is 0 Å². The third-order valence-corrected chi connectivity index (χ3v) is 8.75. The molecular weight excluding hydrogens is 534 g/mol. The van der Waals surface area contributed by atoms with Crippen molar-refractivity contribution in [3.05, 3.63) is 164 Å². The Kier molecular flexibility index (Phi) is 5.50. The molecule has 3 nitrogen and oxygen atoms in total. The van der Waals surface area contributed by atoms with Gasteiger partial charge in [0.1, 0.15) is 5.82 Å². The minimum absolute atomic E-state index is 0.909. The monoisotopic (exact) mass is 561 g/mol. The molecule has 0 saturated carbocycles. The van der Waals surface area contributed by atoms with E-state index in [9.17, 15) is 0 Å². The molecular formula is C41H27N3. The number of benzene rings is 6. The lowest BCUT2D eigenvalue weighted by atomic mass is 10.0. The van der Waals surface area contributed by atoms with Crippen LogP contribution in [0, 0.1) is 0 Å². The van der Waals surface area contributed by atoms with E-state index < -0.39 is 0 Å². The lowest BCUT2D eigenvalue weighted by Crippen LogP contribution is -2.00. The van der Waals surface area contributed by atoms with Gasteiger partial charge < -0.3 is 4.57 Å². The first-order valence-electron chi connectivity index (χ1n) is 15.0. The average molecular weight is 562 g/mol. The van der Waals surface area contributed by atoms with Crippen LogP contribution in [0.15, 0.2) is 164 Å². The Balaban J connectivity index is 1.33. The summed E-state index contributed by atoms with van der Waals surface area (Å²) in [6.07, 6.45) is 2.18. The minimum atomic E-state index is 0.909. The predicted molar refractivity (Wildman–Crippen MR) is 184 cm³/mol. The first-order chi connectivity index (χ1) is 21.8. The van der Waals surface area contributed by atoms with E-state index in [1.165, 1.54) is 38.0 Å². The van der Waals surface area contributed by atoms with Gasteiger partial charge in [0.2, 0.25) is 0 Å². The van der Waals surface area contributed by atoms with Crippen LogP contribution in [0.3, 0.4) is 0 Å². The normalized spacial score (nSPS) is 11.6. The van der Waals surface area contributed by atoms with Crippen LogP contribution in [0.5, 0.6) is 0 Å². The van der Waals surface area contributed by atoms with Crippen molar-refractivity contribution in [3.8, 4) is 33.9 Å². The van der Waals surface area contributed by atoms with Crippen LogP contribution in [0.4, 0.5) is 0 Å². The van der Waals surface area contributed by atoms with Crippen molar-refractivity contribution in [2.75, 3.05) is 0 Å². The second kappa shape index (κ2) is 9.82. The highest BCUT2D eigenvalue weighted by Crippen LogP contribution is 2.40. The maximum absolute atomic E-state index is 5.30. The molecule has 206 valence electrons. The molecule has 0 fully saturated rings. The predicted octanol–water partition coefficient (Wildman–Crippen LogP) is 10.6. The number of hydrogen-bond acceptors (Lipinski definition) is 1. The molecule has 44 heavy (non-hydrogen) atoms. The molecule has 0 amide bonds. The third kappa shape index (κ3) is 3.80. The molecule has 9 rings (SSSR count). The lowest BCUT2D eigenvalue weighted by molar-refractivity contribution is 1.08. The summed E-state index contributed by atoms with van der Waals surface area (Å²) in [5, 5.41) is 6.23. The molecule has 0 aliphatic rings. The summed E-state index contributed by atoms with van der Waals surface area (Å²) in [4.78, 5) is 5.30. The van der Waals surface area contributed by atoms with E-state index in [0.717, 1.165) is 39.4 Å². The zero-order valence-electron chi connectivity index (χ0n) is 23.9. The molecule has 0 aliphatic carbocycles. The summed E-state index contributed by atoms with van der Waals surface area (Å²) in [5.41, 5.74) is 9.04. The minimum Gasteiger partial charge on any atom is -0.317 e. The summed E-state index contributed by atoms with van der Waals surface area (Å²) < 4.78 is 4.61. The summed E-state index contributed by atoms with van der Waals surface area (Å²) in [6.45, 7) is 0. The Bertz CT molecular complexity index is 2410.